The molecule has 0 amide bonds. The van der Waals surface area contributed by atoms with Crippen molar-refractivity contribution in [3.8, 4) is 0 Å². The average Bonchev–Trinajstić information content (AvgIpc) is 2.88. The van der Waals surface area contributed by atoms with Gasteiger partial charge in [0.15, 0.2) is 5.58 Å². The van der Waals surface area contributed by atoms with E-state index in [2.05, 4.69) is 14.8 Å². The number of halogens is 1. The smallest absolute Gasteiger partial charge is 0.298 e. The van der Waals surface area contributed by atoms with Gasteiger partial charge in [0.2, 0.25) is 0 Å². The number of benzene rings is 1. The first kappa shape index (κ1) is 13.7. The van der Waals surface area contributed by atoms with E-state index in [0.717, 1.165) is 50.4 Å². The van der Waals surface area contributed by atoms with E-state index < -0.39 is 0 Å². The maximum atomic E-state index is 5.97. The van der Waals surface area contributed by atoms with Crippen LogP contribution in [-0.2, 0) is 4.74 Å². The minimum Gasteiger partial charge on any atom is -0.423 e. The molecule has 1 fully saturated rings. The van der Waals surface area contributed by atoms with Crippen molar-refractivity contribution < 1.29 is 9.15 Å². The highest BCUT2D eigenvalue weighted by molar-refractivity contribution is 6.31. The summed E-state index contributed by atoms with van der Waals surface area (Å²) in [5.41, 5.74) is 1.60. The fraction of sp³-hybridized carbons (Fsp3) is 0.500. The van der Waals surface area contributed by atoms with Gasteiger partial charge in [-0.15, -0.1) is 0 Å². The molecule has 1 aliphatic rings. The summed E-state index contributed by atoms with van der Waals surface area (Å²) in [6.45, 7) is 5.61. The molecule has 0 bridgehead atoms. The molecule has 20 heavy (non-hydrogen) atoms. The third-order valence-electron chi connectivity index (χ3n) is 3.59. The first-order valence-electron chi connectivity index (χ1n) is 6.78. The Morgan fingerprint density at radius 2 is 2.10 bits per heavy atom. The summed E-state index contributed by atoms with van der Waals surface area (Å²) >= 11 is 5.97. The number of hydrogen-bond donors (Lipinski definition) is 0. The van der Waals surface area contributed by atoms with Gasteiger partial charge in [0.25, 0.3) is 6.01 Å². The van der Waals surface area contributed by atoms with E-state index in [1.54, 1.807) is 7.11 Å². The quantitative estimate of drug-likeness (QED) is 0.865. The fourth-order valence-corrected chi connectivity index (χ4v) is 2.57. The highest BCUT2D eigenvalue weighted by atomic mass is 35.5. The molecule has 0 unspecified atom stereocenters. The molecule has 1 aliphatic heterocycles. The molecule has 1 aromatic carbocycles. The summed E-state index contributed by atoms with van der Waals surface area (Å²) in [5.74, 6) is 0. The van der Waals surface area contributed by atoms with Crippen LogP contribution in [0.15, 0.2) is 22.6 Å². The number of anilines is 1. The van der Waals surface area contributed by atoms with E-state index in [0.29, 0.717) is 11.0 Å². The average molecular weight is 296 g/mol. The van der Waals surface area contributed by atoms with Crippen LogP contribution in [0.3, 0.4) is 0 Å². The van der Waals surface area contributed by atoms with Crippen LogP contribution in [0.5, 0.6) is 0 Å². The van der Waals surface area contributed by atoms with Crippen LogP contribution in [0.25, 0.3) is 11.1 Å². The minimum atomic E-state index is 0.682. The molecule has 0 N–H and O–H groups in total. The zero-order valence-electron chi connectivity index (χ0n) is 11.5. The van der Waals surface area contributed by atoms with Gasteiger partial charge in [0.1, 0.15) is 5.52 Å². The largest absolute Gasteiger partial charge is 0.423 e. The molecule has 0 spiro atoms. The number of piperazine rings is 1. The molecule has 0 saturated carbocycles. The third-order valence-corrected chi connectivity index (χ3v) is 3.83. The zero-order chi connectivity index (χ0) is 13.9. The topological polar surface area (TPSA) is 41.7 Å². The Balaban J connectivity index is 1.67. The fourth-order valence-electron chi connectivity index (χ4n) is 2.41. The second-order valence-electron chi connectivity index (χ2n) is 4.93. The summed E-state index contributed by atoms with van der Waals surface area (Å²) in [6, 6.07) is 6.21. The van der Waals surface area contributed by atoms with Crippen molar-refractivity contribution in [2.75, 3.05) is 51.3 Å². The molecule has 5 nitrogen and oxygen atoms in total. The number of nitrogens with zero attached hydrogens (tertiary/aromatic N) is 3. The summed E-state index contributed by atoms with van der Waals surface area (Å²) in [6.07, 6.45) is 0. The predicted octanol–water partition coefficient (Wildman–Crippen LogP) is 2.25. The Labute approximate surface area is 123 Å². The van der Waals surface area contributed by atoms with Crippen molar-refractivity contribution in [2.45, 2.75) is 0 Å². The number of fused-ring (bicyclic) bond motifs is 1. The first-order chi connectivity index (χ1) is 9.76. The number of hydrogen-bond acceptors (Lipinski definition) is 5. The molecule has 1 aromatic heterocycles. The second-order valence-corrected chi connectivity index (χ2v) is 5.37. The van der Waals surface area contributed by atoms with E-state index in [4.69, 9.17) is 20.8 Å². The SMILES string of the molecule is COCCN1CCN(c2nc3cc(Cl)ccc3o2)CC1. The molecule has 0 atom stereocenters. The van der Waals surface area contributed by atoms with Gasteiger partial charge in [-0.05, 0) is 18.2 Å². The van der Waals surface area contributed by atoms with Crippen LogP contribution < -0.4 is 4.90 Å². The highest BCUT2D eigenvalue weighted by Gasteiger charge is 2.20. The molecule has 2 aromatic rings. The van der Waals surface area contributed by atoms with Gasteiger partial charge in [-0.3, -0.25) is 4.90 Å². The first-order valence-corrected chi connectivity index (χ1v) is 7.16. The zero-order valence-corrected chi connectivity index (χ0v) is 12.3. The summed E-state index contributed by atoms with van der Waals surface area (Å²) in [7, 11) is 1.74. The van der Waals surface area contributed by atoms with E-state index in [1.807, 2.05) is 18.2 Å². The Kier molecular flexibility index (Phi) is 4.10. The van der Waals surface area contributed by atoms with Gasteiger partial charge < -0.3 is 14.1 Å². The summed E-state index contributed by atoms with van der Waals surface area (Å²) in [5, 5.41) is 0.682. The summed E-state index contributed by atoms with van der Waals surface area (Å²) < 4.78 is 10.9. The third kappa shape index (κ3) is 2.90. The van der Waals surface area contributed by atoms with E-state index in [1.165, 1.54) is 0 Å². The van der Waals surface area contributed by atoms with Gasteiger partial charge in [-0.2, -0.15) is 4.98 Å². The lowest BCUT2D eigenvalue weighted by Gasteiger charge is -2.33. The number of rotatable bonds is 4. The van der Waals surface area contributed by atoms with E-state index in [9.17, 15) is 0 Å². The van der Waals surface area contributed by atoms with Gasteiger partial charge in [0, 0.05) is 44.9 Å². The molecular formula is C14H18ClN3O2. The van der Waals surface area contributed by atoms with Crippen molar-refractivity contribution >= 4 is 28.7 Å². The second kappa shape index (κ2) is 5.99. The number of aromatic nitrogens is 1. The maximum absolute atomic E-state index is 5.97. The monoisotopic (exact) mass is 295 g/mol. The van der Waals surface area contributed by atoms with E-state index in [-0.39, 0.29) is 0 Å². The molecule has 3 rings (SSSR count). The lowest BCUT2D eigenvalue weighted by Crippen LogP contribution is -2.47. The van der Waals surface area contributed by atoms with Crippen molar-refractivity contribution in [1.82, 2.24) is 9.88 Å². The van der Waals surface area contributed by atoms with Crippen molar-refractivity contribution in [3.63, 3.8) is 0 Å². The van der Waals surface area contributed by atoms with Crippen LogP contribution >= 0.6 is 11.6 Å². The van der Waals surface area contributed by atoms with Gasteiger partial charge in [-0.1, -0.05) is 11.6 Å². The van der Waals surface area contributed by atoms with Gasteiger partial charge >= 0.3 is 0 Å². The standard InChI is InChI=1S/C14H18ClN3O2/c1-19-9-8-17-4-6-18(7-5-17)14-16-12-10-11(15)2-3-13(12)20-14/h2-3,10H,4-9H2,1H3. The number of ether oxygens (including phenoxy) is 1. The van der Waals surface area contributed by atoms with Crippen LogP contribution in [0.4, 0.5) is 6.01 Å². The number of methoxy groups -OCH3 is 1. The molecular weight excluding hydrogens is 278 g/mol. The minimum absolute atomic E-state index is 0.682. The van der Waals surface area contributed by atoms with Crippen molar-refractivity contribution in [2.24, 2.45) is 0 Å². The molecule has 1 saturated heterocycles. The van der Waals surface area contributed by atoms with Gasteiger partial charge in [0.05, 0.1) is 6.61 Å². The Morgan fingerprint density at radius 3 is 2.85 bits per heavy atom. The van der Waals surface area contributed by atoms with Crippen LogP contribution in [0, 0.1) is 0 Å². The Hall–Kier alpha value is -1.30. The number of oxazole rings is 1. The van der Waals surface area contributed by atoms with Crippen LogP contribution in [0.2, 0.25) is 5.02 Å². The van der Waals surface area contributed by atoms with Crippen molar-refractivity contribution in [1.29, 1.82) is 0 Å². The van der Waals surface area contributed by atoms with Gasteiger partial charge in [-0.25, -0.2) is 0 Å². The summed E-state index contributed by atoms with van der Waals surface area (Å²) in [4.78, 5) is 9.08. The molecule has 0 radical (unpaired) electrons. The lowest BCUT2D eigenvalue weighted by molar-refractivity contribution is 0.143. The van der Waals surface area contributed by atoms with Crippen molar-refractivity contribution in [3.05, 3.63) is 23.2 Å². The Bertz CT molecular complexity index is 579. The molecule has 2 heterocycles. The van der Waals surface area contributed by atoms with Crippen LogP contribution in [-0.4, -0.2) is 56.3 Å². The molecule has 0 aliphatic carbocycles. The van der Waals surface area contributed by atoms with E-state index >= 15 is 0 Å². The maximum Gasteiger partial charge on any atom is 0.298 e. The predicted molar refractivity (Wildman–Crippen MR) is 79.5 cm³/mol. The lowest BCUT2D eigenvalue weighted by atomic mass is 10.3. The Morgan fingerprint density at radius 1 is 1.30 bits per heavy atom. The normalized spacial score (nSPS) is 17.0. The molecule has 108 valence electrons. The van der Waals surface area contributed by atoms with Crippen LogP contribution in [0.1, 0.15) is 0 Å². The molecule has 6 heteroatoms. The highest BCUT2D eigenvalue weighted by Crippen LogP contribution is 2.25.